The molecule has 0 aromatic carbocycles. The maximum Gasteiger partial charge on any atom is 0.231 e. The monoisotopic (exact) mass is 263 g/mol. The van der Waals surface area contributed by atoms with Crippen molar-refractivity contribution in [1.82, 2.24) is 4.98 Å². The summed E-state index contributed by atoms with van der Waals surface area (Å²) in [5.74, 6) is -1.29. The highest BCUT2D eigenvalue weighted by Crippen LogP contribution is 2.37. The first kappa shape index (κ1) is 13.6. The molecule has 0 fully saturated rings. The van der Waals surface area contributed by atoms with E-state index in [2.05, 4.69) is 4.98 Å². The Hall–Kier alpha value is -0.483. The molecule has 1 aromatic rings. The lowest BCUT2D eigenvalue weighted by Gasteiger charge is -2.37. The van der Waals surface area contributed by atoms with Crippen LogP contribution in [0.15, 0.2) is 6.20 Å². The number of pyridine rings is 1. The normalized spacial score (nSPS) is 13.0. The van der Waals surface area contributed by atoms with Gasteiger partial charge in [-0.3, -0.25) is 0 Å². The molecule has 16 heavy (non-hydrogen) atoms. The van der Waals surface area contributed by atoms with Gasteiger partial charge in [0, 0.05) is 5.19 Å². The maximum atomic E-state index is 13.8. The van der Waals surface area contributed by atoms with Crippen molar-refractivity contribution in [2.24, 2.45) is 0 Å². The van der Waals surface area contributed by atoms with Gasteiger partial charge in [-0.15, -0.1) is 0 Å². The van der Waals surface area contributed by atoms with Crippen LogP contribution < -0.4 is 5.19 Å². The van der Waals surface area contributed by atoms with Crippen molar-refractivity contribution in [3.8, 4) is 0 Å². The molecule has 0 aliphatic carbocycles. The van der Waals surface area contributed by atoms with Gasteiger partial charge in [-0.05, 0) is 5.04 Å². The molecule has 90 valence electrons. The minimum absolute atomic E-state index is 0.106. The Balaban J connectivity index is 3.50. The summed E-state index contributed by atoms with van der Waals surface area (Å²) in [5, 5.41) is 0.0615. The van der Waals surface area contributed by atoms with Crippen LogP contribution in [0.2, 0.25) is 23.2 Å². The van der Waals surface area contributed by atoms with Gasteiger partial charge < -0.3 is 0 Å². The van der Waals surface area contributed by atoms with Crippen LogP contribution in [-0.2, 0) is 0 Å². The van der Waals surface area contributed by atoms with Gasteiger partial charge in [0.05, 0.1) is 19.3 Å². The van der Waals surface area contributed by atoms with Crippen LogP contribution in [0.5, 0.6) is 0 Å². The molecule has 0 spiro atoms. The molecule has 0 aliphatic heterocycles. The Morgan fingerprint density at radius 1 is 1.25 bits per heavy atom. The zero-order valence-electron chi connectivity index (χ0n) is 10.2. The van der Waals surface area contributed by atoms with Gasteiger partial charge in [-0.1, -0.05) is 45.5 Å². The van der Waals surface area contributed by atoms with Crippen LogP contribution in [0.4, 0.5) is 8.78 Å². The fourth-order valence-corrected chi connectivity index (χ4v) is 4.30. The molecular formula is C11H16ClF2NSi. The largest absolute Gasteiger partial charge is 0.231 e. The number of nitrogens with zero attached hydrogens (tertiary/aromatic N) is 1. The first-order valence-corrected chi connectivity index (χ1v) is 8.47. The van der Waals surface area contributed by atoms with Crippen LogP contribution in [-0.4, -0.2) is 13.1 Å². The molecule has 0 unspecified atom stereocenters. The zero-order chi connectivity index (χ0) is 12.7. The summed E-state index contributed by atoms with van der Waals surface area (Å²) in [7, 11) is -2.19. The molecule has 0 N–H and O–H groups in total. The number of rotatable bonds is 1. The van der Waals surface area contributed by atoms with Crippen molar-refractivity contribution in [2.75, 3.05) is 0 Å². The number of hydrogen-bond acceptors (Lipinski definition) is 1. The van der Waals surface area contributed by atoms with E-state index in [9.17, 15) is 8.78 Å². The molecule has 0 radical (unpaired) electrons. The van der Waals surface area contributed by atoms with Crippen LogP contribution in [0.1, 0.15) is 20.8 Å². The Bertz CT molecular complexity index is 413. The van der Waals surface area contributed by atoms with Crippen LogP contribution in [0.3, 0.4) is 0 Å². The van der Waals surface area contributed by atoms with E-state index in [1.165, 1.54) is 0 Å². The van der Waals surface area contributed by atoms with E-state index < -0.39 is 19.8 Å². The molecule has 0 amide bonds. The summed E-state index contributed by atoms with van der Waals surface area (Å²) >= 11 is 5.85. The quantitative estimate of drug-likeness (QED) is 0.556. The van der Waals surface area contributed by atoms with Crippen LogP contribution in [0.25, 0.3) is 0 Å². The van der Waals surface area contributed by atoms with Crippen molar-refractivity contribution in [2.45, 2.75) is 38.9 Å². The predicted molar refractivity (Wildman–Crippen MR) is 66.0 cm³/mol. The molecule has 0 bridgehead atoms. The Kier molecular flexibility index (Phi) is 3.46. The second kappa shape index (κ2) is 4.07. The molecule has 0 aliphatic rings. The van der Waals surface area contributed by atoms with E-state index in [-0.39, 0.29) is 10.1 Å². The van der Waals surface area contributed by atoms with Crippen molar-refractivity contribution in [3.05, 3.63) is 23.0 Å². The third kappa shape index (κ3) is 2.13. The van der Waals surface area contributed by atoms with Crippen molar-refractivity contribution >= 4 is 24.9 Å². The van der Waals surface area contributed by atoms with Crippen molar-refractivity contribution < 1.29 is 8.78 Å². The summed E-state index contributed by atoms with van der Waals surface area (Å²) in [4.78, 5) is 3.28. The lowest BCUT2D eigenvalue weighted by atomic mass is 10.2. The highest BCUT2D eigenvalue weighted by atomic mass is 35.5. The third-order valence-corrected chi connectivity index (χ3v) is 9.42. The molecule has 1 heterocycles. The zero-order valence-corrected chi connectivity index (χ0v) is 11.9. The average Bonchev–Trinajstić information content (AvgIpc) is 2.10. The first-order valence-electron chi connectivity index (χ1n) is 5.09. The molecule has 0 saturated carbocycles. The summed E-state index contributed by atoms with van der Waals surface area (Å²) in [6.45, 7) is 10.0. The lowest BCUT2D eigenvalue weighted by Crippen LogP contribution is -2.51. The van der Waals surface area contributed by atoms with E-state index in [4.69, 9.17) is 11.6 Å². The fourth-order valence-electron chi connectivity index (χ4n) is 1.39. The topological polar surface area (TPSA) is 12.9 Å². The molecule has 5 heteroatoms. The second-order valence-corrected chi connectivity index (χ2v) is 11.1. The highest BCUT2D eigenvalue weighted by Gasteiger charge is 2.41. The number of aromatic nitrogens is 1. The van der Waals surface area contributed by atoms with E-state index >= 15 is 0 Å². The summed E-state index contributed by atoms with van der Waals surface area (Å²) in [6.07, 6.45) is 0.914. The minimum atomic E-state index is -2.19. The smallest absolute Gasteiger partial charge is 0.224 e. The standard InChI is InChI=1S/C11H16ClF2NSi/c1-11(2,3)16(4,5)9-7(13)6-15-10(14)8(9)12/h6H,1-5H3. The molecule has 1 nitrogen and oxygen atoms in total. The molecular weight excluding hydrogens is 248 g/mol. The lowest BCUT2D eigenvalue weighted by molar-refractivity contribution is 0.564. The summed E-state index contributed by atoms with van der Waals surface area (Å²) < 4.78 is 27.1. The average molecular weight is 264 g/mol. The van der Waals surface area contributed by atoms with E-state index in [0.717, 1.165) is 6.20 Å². The van der Waals surface area contributed by atoms with Gasteiger partial charge in [0.2, 0.25) is 5.95 Å². The van der Waals surface area contributed by atoms with E-state index in [1.807, 2.05) is 33.9 Å². The summed E-state index contributed by atoms with van der Waals surface area (Å²) in [5.41, 5.74) is 0. The molecule has 1 aromatic heterocycles. The molecule has 1 rings (SSSR count). The van der Waals surface area contributed by atoms with Gasteiger partial charge in [-0.2, -0.15) is 4.39 Å². The second-order valence-electron chi connectivity index (χ2n) is 5.46. The van der Waals surface area contributed by atoms with Gasteiger partial charge in [0.1, 0.15) is 5.82 Å². The number of halogens is 3. The highest BCUT2D eigenvalue weighted by molar-refractivity contribution is 6.93. The Morgan fingerprint density at radius 2 is 1.75 bits per heavy atom. The molecule has 0 saturated heterocycles. The van der Waals surface area contributed by atoms with E-state index in [1.54, 1.807) is 0 Å². The van der Waals surface area contributed by atoms with Crippen molar-refractivity contribution in [1.29, 1.82) is 0 Å². The maximum absolute atomic E-state index is 13.8. The predicted octanol–water partition coefficient (Wildman–Crippen LogP) is 3.73. The van der Waals surface area contributed by atoms with Gasteiger partial charge in [0.15, 0.2) is 0 Å². The Labute approximate surface area is 101 Å². The fraction of sp³-hybridized carbons (Fsp3) is 0.545. The van der Waals surface area contributed by atoms with Gasteiger partial charge in [0.25, 0.3) is 0 Å². The first-order chi connectivity index (χ1) is 7.09. The van der Waals surface area contributed by atoms with Gasteiger partial charge in [-0.25, -0.2) is 9.37 Å². The van der Waals surface area contributed by atoms with Crippen LogP contribution in [0, 0.1) is 11.8 Å². The Morgan fingerprint density at radius 3 is 2.19 bits per heavy atom. The SMILES string of the molecule is CC(C)(C)[Si](C)(C)c1c(F)cnc(F)c1Cl. The van der Waals surface area contributed by atoms with E-state index in [0.29, 0.717) is 5.19 Å². The van der Waals surface area contributed by atoms with Crippen molar-refractivity contribution in [3.63, 3.8) is 0 Å². The number of hydrogen-bond donors (Lipinski definition) is 0. The van der Waals surface area contributed by atoms with Crippen LogP contribution >= 0.6 is 11.6 Å². The molecule has 0 atom stereocenters. The van der Waals surface area contributed by atoms with Gasteiger partial charge >= 0.3 is 0 Å². The minimum Gasteiger partial charge on any atom is -0.224 e. The third-order valence-electron chi connectivity index (χ3n) is 3.43. The summed E-state index contributed by atoms with van der Waals surface area (Å²) in [6, 6.07) is 0.